The average molecular weight is 305 g/mol. The third-order valence-electron chi connectivity index (χ3n) is 3.26. The van der Waals surface area contributed by atoms with Gasteiger partial charge in [0.15, 0.2) is 0 Å². The molecule has 0 aromatic carbocycles. The first-order chi connectivity index (χ1) is 10.0. The second kappa shape index (κ2) is 6.85. The van der Waals surface area contributed by atoms with Crippen molar-refractivity contribution in [1.82, 2.24) is 15.0 Å². The number of rotatable bonds is 5. The van der Waals surface area contributed by atoms with Crippen molar-refractivity contribution in [2.24, 2.45) is 0 Å². The Morgan fingerprint density at radius 3 is 2.62 bits per heavy atom. The van der Waals surface area contributed by atoms with Gasteiger partial charge in [0, 0.05) is 18.7 Å². The van der Waals surface area contributed by atoms with Gasteiger partial charge < -0.3 is 4.90 Å². The molecule has 5 heteroatoms. The smallest absolute Gasteiger partial charge is 0.131 e. The average Bonchev–Trinajstić information content (AvgIpc) is 2.46. The van der Waals surface area contributed by atoms with Gasteiger partial charge >= 0.3 is 0 Å². The number of nitrogens with zero attached hydrogens (tertiary/aromatic N) is 4. The lowest BCUT2D eigenvalue weighted by Gasteiger charge is -2.21. The number of pyridine rings is 1. The number of aromatic nitrogens is 3. The van der Waals surface area contributed by atoms with Crippen LogP contribution in [0.2, 0.25) is 0 Å². The molecule has 0 unspecified atom stereocenters. The Hall–Kier alpha value is -1.68. The van der Waals surface area contributed by atoms with Gasteiger partial charge in [-0.2, -0.15) is 0 Å². The summed E-state index contributed by atoms with van der Waals surface area (Å²) >= 11 is 6.05. The molecule has 0 saturated carbocycles. The second-order valence-corrected chi connectivity index (χ2v) is 5.74. The van der Waals surface area contributed by atoms with E-state index in [0.29, 0.717) is 18.3 Å². The molecule has 2 heterocycles. The fourth-order valence-electron chi connectivity index (χ4n) is 2.14. The van der Waals surface area contributed by atoms with Crippen LogP contribution in [0.4, 0.5) is 5.69 Å². The third kappa shape index (κ3) is 3.91. The van der Waals surface area contributed by atoms with Gasteiger partial charge in [-0.05, 0) is 19.1 Å². The van der Waals surface area contributed by atoms with E-state index in [1.165, 1.54) is 0 Å². The Bertz CT molecular complexity index is 613. The van der Waals surface area contributed by atoms with Crippen molar-refractivity contribution in [3.8, 4) is 0 Å². The molecule has 2 rings (SSSR count). The summed E-state index contributed by atoms with van der Waals surface area (Å²) in [6, 6.07) is 6.04. The summed E-state index contributed by atoms with van der Waals surface area (Å²) in [5.74, 6) is 1.50. The number of aryl methyl sites for hydroxylation is 1. The first-order valence-corrected chi connectivity index (χ1v) is 7.60. The Kier molecular flexibility index (Phi) is 5.12. The van der Waals surface area contributed by atoms with E-state index in [9.17, 15) is 0 Å². The van der Waals surface area contributed by atoms with Crippen LogP contribution in [-0.4, -0.2) is 22.0 Å². The lowest BCUT2D eigenvalue weighted by Crippen LogP contribution is -2.20. The molecule has 0 N–H and O–H groups in total. The summed E-state index contributed by atoms with van der Waals surface area (Å²) < 4.78 is 0. The molecule has 0 spiro atoms. The van der Waals surface area contributed by atoms with E-state index < -0.39 is 0 Å². The number of anilines is 1. The van der Waals surface area contributed by atoms with Gasteiger partial charge in [0.25, 0.3) is 0 Å². The highest BCUT2D eigenvalue weighted by Crippen LogP contribution is 2.22. The van der Waals surface area contributed by atoms with Gasteiger partial charge in [-0.3, -0.25) is 4.98 Å². The number of alkyl halides is 1. The van der Waals surface area contributed by atoms with E-state index in [1.807, 2.05) is 38.4 Å². The predicted octanol–water partition coefficient (Wildman–Crippen LogP) is 3.68. The molecule has 0 saturated heterocycles. The zero-order valence-corrected chi connectivity index (χ0v) is 13.7. The van der Waals surface area contributed by atoms with Crippen LogP contribution in [0.15, 0.2) is 24.4 Å². The van der Waals surface area contributed by atoms with Crippen LogP contribution in [0.25, 0.3) is 0 Å². The molecule has 21 heavy (non-hydrogen) atoms. The highest BCUT2D eigenvalue weighted by Gasteiger charge is 2.13. The quantitative estimate of drug-likeness (QED) is 0.790. The van der Waals surface area contributed by atoms with E-state index in [0.717, 1.165) is 28.6 Å². The maximum Gasteiger partial charge on any atom is 0.131 e. The van der Waals surface area contributed by atoms with E-state index in [1.54, 1.807) is 0 Å². The minimum Gasteiger partial charge on any atom is -0.366 e. The van der Waals surface area contributed by atoms with Crippen molar-refractivity contribution >= 4 is 17.3 Å². The van der Waals surface area contributed by atoms with Crippen LogP contribution >= 0.6 is 11.6 Å². The monoisotopic (exact) mass is 304 g/mol. The fourth-order valence-corrected chi connectivity index (χ4v) is 2.33. The summed E-state index contributed by atoms with van der Waals surface area (Å²) in [7, 11) is 2.01. The summed E-state index contributed by atoms with van der Waals surface area (Å²) in [5.41, 5.74) is 3.86. The Morgan fingerprint density at radius 1 is 1.24 bits per heavy atom. The molecule has 0 fully saturated rings. The first-order valence-electron chi connectivity index (χ1n) is 7.06. The summed E-state index contributed by atoms with van der Waals surface area (Å²) in [6.45, 7) is 6.85. The molecule has 0 aliphatic rings. The Morgan fingerprint density at radius 2 is 2.00 bits per heavy atom. The molecular weight excluding hydrogens is 284 g/mol. The van der Waals surface area contributed by atoms with E-state index in [2.05, 4.69) is 33.7 Å². The van der Waals surface area contributed by atoms with Crippen LogP contribution in [0.3, 0.4) is 0 Å². The topological polar surface area (TPSA) is 41.9 Å². The SMILES string of the molecule is Cc1cccc(CN(C)c2cnc(C(C)C)nc2CCl)n1. The van der Waals surface area contributed by atoms with Gasteiger partial charge in [-0.25, -0.2) is 9.97 Å². The van der Waals surface area contributed by atoms with Crippen LogP contribution < -0.4 is 4.90 Å². The van der Waals surface area contributed by atoms with Crippen LogP contribution in [0, 0.1) is 6.92 Å². The van der Waals surface area contributed by atoms with Crippen molar-refractivity contribution < 1.29 is 0 Å². The van der Waals surface area contributed by atoms with Crippen molar-refractivity contribution in [2.75, 3.05) is 11.9 Å². The van der Waals surface area contributed by atoms with Crippen LogP contribution in [-0.2, 0) is 12.4 Å². The molecule has 0 radical (unpaired) electrons. The van der Waals surface area contributed by atoms with Gasteiger partial charge in [-0.1, -0.05) is 19.9 Å². The fraction of sp³-hybridized carbons (Fsp3) is 0.438. The molecule has 4 nitrogen and oxygen atoms in total. The number of hydrogen-bond acceptors (Lipinski definition) is 4. The lowest BCUT2D eigenvalue weighted by molar-refractivity contribution is 0.757. The number of halogens is 1. The van der Waals surface area contributed by atoms with E-state index in [-0.39, 0.29) is 0 Å². The van der Waals surface area contributed by atoms with Crippen LogP contribution in [0.5, 0.6) is 0 Å². The highest BCUT2D eigenvalue weighted by atomic mass is 35.5. The van der Waals surface area contributed by atoms with Crippen molar-refractivity contribution in [3.05, 3.63) is 47.3 Å². The molecule has 2 aromatic rings. The van der Waals surface area contributed by atoms with Gasteiger partial charge in [0.2, 0.25) is 0 Å². The molecule has 0 aliphatic heterocycles. The highest BCUT2D eigenvalue weighted by molar-refractivity contribution is 6.17. The van der Waals surface area contributed by atoms with Crippen LogP contribution in [0.1, 0.15) is 42.7 Å². The Balaban J connectivity index is 2.24. The molecule has 0 amide bonds. The molecule has 0 atom stereocenters. The number of hydrogen-bond donors (Lipinski definition) is 0. The lowest BCUT2D eigenvalue weighted by atomic mass is 10.2. The van der Waals surface area contributed by atoms with Gasteiger partial charge in [0.05, 0.1) is 35.7 Å². The normalized spacial score (nSPS) is 11.0. The zero-order chi connectivity index (χ0) is 15.4. The molecular formula is C16H21ClN4. The summed E-state index contributed by atoms with van der Waals surface area (Å²) in [4.78, 5) is 15.6. The summed E-state index contributed by atoms with van der Waals surface area (Å²) in [6.07, 6.45) is 1.86. The second-order valence-electron chi connectivity index (χ2n) is 5.47. The molecule has 0 aliphatic carbocycles. The predicted molar refractivity (Wildman–Crippen MR) is 86.8 cm³/mol. The zero-order valence-electron chi connectivity index (χ0n) is 13.0. The molecule has 0 bridgehead atoms. The maximum absolute atomic E-state index is 6.05. The minimum atomic E-state index is 0.296. The van der Waals surface area contributed by atoms with Crippen molar-refractivity contribution in [3.63, 3.8) is 0 Å². The Labute approximate surface area is 131 Å². The summed E-state index contributed by atoms with van der Waals surface area (Å²) in [5, 5.41) is 0. The first kappa shape index (κ1) is 15.7. The van der Waals surface area contributed by atoms with Crippen molar-refractivity contribution in [1.29, 1.82) is 0 Å². The largest absolute Gasteiger partial charge is 0.366 e. The third-order valence-corrected chi connectivity index (χ3v) is 3.52. The van der Waals surface area contributed by atoms with E-state index in [4.69, 9.17) is 11.6 Å². The van der Waals surface area contributed by atoms with Crippen molar-refractivity contribution in [2.45, 2.75) is 39.1 Å². The van der Waals surface area contributed by atoms with Gasteiger partial charge in [0.1, 0.15) is 5.82 Å². The van der Waals surface area contributed by atoms with E-state index >= 15 is 0 Å². The molecule has 2 aromatic heterocycles. The minimum absolute atomic E-state index is 0.296. The van der Waals surface area contributed by atoms with Gasteiger partial charge in [-0.15, -0.1) is 11.6 Å². The maximum atomic E-state index is 6.05. The molecule has 112 valence electrons. The standard InChI is InChI=1S/C16H21ClN4/c1-11(2)16-18-9-15(14(8-17)20-16)21(4)10-13-7-5-6-12(3)19-13/h5-7,9,11H,8,10H2,1-4H3.